The Hall–Kier alpha value is -3.07. The Morgan fingerprint density at radius 3 is 2.46 bits per heavy atom. The van der Waals surface area contributed by atoms with Gasteiger partial charge in [-0.05, 0) is 37.1 Å². The van der Waals surface area contributed by atoms with Crippen molar-refractivity contribution in [1.29, 1.82) is 5.26 Å². The van der Waals surface area contributed by atoms with Crippen LogP contribution in [0.15, 0.2) is 59.9 Å². The van der Waals surface area contributed by atoms with Gasteiger partial charge in [0.25, 0.3) is 0 Å². The largest absolute Gasteiger partial charge is 0.494 e. The topological polar surface area (TPSA) is 87.5 Å². The van der Waals surface area contributed by atoms with E-state index >= 15 is 0 Å². The van der Waals surface area contributed by atoms with Crippen molar-refractivity contribution in [3.63, 3.8) is 0 Å². The Kier molecular flexibility index (Phi) is 8.50. The van der Waals surface area contributed by atoms with E-state index in [2.05, 4.69) is 9.98 Å². The molecule has 0 atom stereocenters. The smallest absolute Gasteiger partial charge is 0.211 e. The number of para-hydroxylation sites is 1. The van der Waals surface area contributed by atoms with Crippen LogP contribution in [-0.4, -0.2) is 24.1 Å². The fourth-order valence-electron chi connectivity index (χ4n) is 2.62. The highest BCUT2D eigenvalue weighted by Crippen LogP contribution is 2.14. The van der Waals surface area contributed by atoms with E-state index < -0.39 is 0 Å². The zero-order valence-corrected chi connectivity index (χ0v) is 14.9. The number of guanidine groups is 1. The molecule has 6 nitrogen and oxygen atoms in total. The second-order valence-corrected chi connectivity index (χ2v) is 5.86. The molecule has 0 saturated heterocycles. The highest BCUT2D eigenvalue weighted by Gasteiger charge is 2.10. The van der Waals surface area contributed by atoms with Crippen LogP contribution in [0.1, 0.15) is 32.1 Å². The van der Waals surface area contributed by atoms with Crippen LogP contribution in [0.5, 0.6) is 5.75 Å². The zero-order chi connectivity index (χ0) is 18.5. The SMILES string of the molecule is N#CN=C(N)N(CCCCCCCOc1ccccc1)c1ccncc1. The van der Waals surface area contributed by atoms with E-state index in [4.69, 9.17) is 15.7 Å². The van der Waals surface area contributed by atoms with E-state index in [1.807, 2.05) is 47.4 Å². The van der Waals surface area contributed by atoms with E-state index in [0.29, 0.717) is 0 Å². The van der Waals surface area contributed by atoms with E-state index in [1.54, 1.807) is 18.6 Å². The second-order valence-electron chi connectivity index (χ2n) is 5.86. The lowest BCUT2D eigenvalue weighted by atomic mass is 10.1. The summed E-state index contributed by atoms with van der Waals surface area (Å²) in [7, 11) is 0. The van der Waals surface area contributed by atoms with Crippen molar-refractivity contribution in [2.45, 2.75) is 32.1 Å². The number of pyridine rings is 1. The summed E-state index contributed by atoms with van der Waals surface area (Å²) in [4.78, 5) is 9.52. The Morgan fingerprint density at radius 2 is 1.73 bits per heavy atom. The minimum Gasteiger partial charge on any atom is -0.494 e. The first-order chi connectivity index (χ1) is 12.8. The Labute approximate surface area is 154 Å². The Morgan fingerprint density at radius 1 is 1.04 bits per heavy atom. The summed E-state index contributed by atoms with van der Waals surface area (Å²) in [5.41, 5.74) is 6.81. The van der Waals surface area contributed by atoms with Gasteiger partial charge in [-0.3, -0.25) is 4.98 Å². The monoisotopic (exact) mass is 351 g/mol. The third kappa shape index (κ3) is 6.81. The summed E-state index contributed by atoms with van der Waals surface area (Å²) in [6.45, 7) is 1.47. The first-order valence-corrected chi connectivity index (χ1v) is 8.89. The van der Waals surface area contributed by atoms with Crippen LogP contribution in [0.3, 0.4) is 0 Å². The van der Waals surface area contributed by atoms with Crippen molar-refractivity contribution in [2.75, 3.05) is 18.1 Å². The van der Waals surface area contributed by atoms with Gasteiger partial charge in [-0.2, -0.15) is 5.26 Å². The van der Waals surface area contributed by atoms with Crippen molar-refractivity contribution >= 4 is 11.6 Å². The number of benzene rings is 1. The molecule has 0 saturated carbocycles. The number of hydrogen-bond donors (Lipinski definition) is 1. The molecule has 0 aliphatic rings. The lowest BCUT2D eigenvalue weighted by Crippen LogP contribution is -2.38. The zero-order valence-electron chi connectivity index (χ0n) is 14.9. The summed E-state index contributed by atoms with van der Waals surface area (Å²) in [5, 5.41) is 8.74. The maximum atomic E-state index is 8.74. The molecule has 0 fully saturated rings. The Balaban J connectivity index is 1.65. The van der Waals surface area contributed by atoms with Gasteiger partial charge in [0, 0.05) is 24.6 Å². The number of aromatic nitrogens is 1. The summed E-state index contributed by atoms with van der Waals surface area (Å²) in [6.07, 6.45) is 10.5. The summed E-state index contributed by atoms with van der Waals surface area (Å²) in [6, 6.07) is 13.6. The molecule has 0 unspecified atom stereocenters. The molecule has 0 radical (unpaired) electrons. The molecular formula is C20H25N5O. The molecular weight excluding hydrogens is 326 g/mol. The minimum atomic E-state index is 0.218. The second kappa shape index (κ2) is 11.5. The molecule has 0 aliphatic carbocycles. The van der Waals surface area contributed by atoms with Crippen LogP contribution in [0.2, 0.25) is 0 Å². The quantitative estimate of drug-likeness (QED) is 0.305. The number of aliphatic imine (C=N–C) groups is 1. The highest BCUT2D eigenvalue weighted by molar-refractivity contribution is 5.95. The molecule has 136 valence electrons. The average molecular weight is 351 g/mol. The van der Waals surface area contributed by atoms with Gasteiger partial charge in [0.2, 0.25) is 12.2 Å². The van der Waals surface area contributed by atoms with Gasteiger partial charge in [0.1, 0.15) is 5.75 Å². The predicted octanol–water partition coefficient (Wildman–Crippen LogP) is 3.71. The third-order valence-electron chi connectivity index (χ3n) is 3.95. The van der Waals surface area contributed by atoms with Crippen LogP contribution < -0.4 is 15.4 Å². The standard InChI is InChI=1S/C20H25N5O/c21-17-24-20(22)25(18-11-13-23-14-12-18)15-7-2-1-3-8-16-26-19-9-5-4-6-10-19/h4-6,9-14H,1-3,7-8,15-16H2,(H2,22,24). The molecule has 0 aliphatic heterocycles. The molecule has 2 rings (SSSR count). The van der Waals surface area contributed by atoms with Gasteiger partial charge in [0.05, 0.1) is 6.61 Å². The van der Waals surface area contributed by atoms with Crippen molar-refractivity contribution < 1.29 is 4.74 Å². The number of ether oxygens (including phenoxy) is 1. The van der Waals surface area contributed by atoms with Gasteiger partial charge in [-0.1, -0.05) is 37.5 Å². The summed E-state index contributed by atoms with van der Waals surface area (Å²) >= 11 is 0. The van der Waals surface area contributed by atoms with Crippen LogP contribution in [0.25, 0.3) is 0 Å². The van der Waals surface area contributed by atoms with Gasteiger partial charge in [-0.25, -0.2) is 0 Å². The fraction of sp³-hybridized carbons (Fsp3) is 0.350. The molecule has 1 aromatic heterocycles. The number of anilines is 1. The Bertz CT molecular complexity index is 697. The lowest BCUT2D eigenvalue weighted by Gasteiger charge is -2.22. The van der Waals surface area contributed by atoms with E-state index in [-0.39, 0.29) is 5.96 Å². The molecule has 0 bridgehead atoms. The first kappa shape index (κ1) is 19.3. The van der Waals surface area contributed by atoms with Crippen molar-refractivity contribution in [2.24, 2.45) is 10.7 Å². The van der Waals surface area contributed by atoms with Crippen molar-refractivity contribution in [3.05, 3.63) is 54.9 Å². The lowest BCUT2D eigenvalue weighted by molar-refractivity contribution is 0.304. The molecule has 0 amide bonds. The number of nitrogens with two attached hydrogens (primary N) is 1. The average Bonchev–Trinajstić information content (AvgIpc) is 2.68. The third-order valence-corrected chi connectivity index (χ3v) is 3.95. The van der Waals surface area contributed by atoms with Crippen LogP contribution >= 0.6 is 0 Å². The van der Waals surface area contributed by atoms with Gasteiger partial charge >= 0.3 is 0 Å². The van der Waals surface area contributed by atoms with Gasteiger partial charge in [-0.15, -0.1) is 4.99 Å². The highest BCUT2D eigenvalue weighted by atomic mass is 16.5. The van der Waals surface area contributed by atoms with Crippen molar-refractivity contribution in [3.8, 4) is 11.9 Å². The van der Waals surface area contributed by atoms with Crippen LogP contribution in [-0.2, 0) is 0 Å². The van der Waals surface area contributed by atoms with E-state index in [1.165, 1.54) is 0 Å². The van der Waals surface area contributed by atoms with E-state index in [9.17, 15) is 0 Å². The molecule has 26 heavy (non-hydrogen) atoms. The van der Waals surface area contributed by atoms with Gasteiger partial charge < -0.3 is 15.4 Å². The molecule has 0 spiro atoms. The predicted molar refractivity (Wildman–Crippen MR) is 104 cm³/mol. The van der Waals surface area contributed by atoms with Crippen LogP contribution in [0.4, 0.5) is 5.69 Å². The minimum absolute atomic E-state index is 0.218. The number of nitrogens with zero attached hydrogens (tertiary/aromatic N) is 4. The number of hydrogen-bond acceptors (Lipinski definition) is 4. The maximum absolute atomic E-state index is 8.74. The molecule has 1 heterocycles. The van der Waals surface area contributed by atoms with Crippen molar-refractivity contribution in [1.82, 2.24) is 4.98 Å². The normalized spacial score (nSPS) is 11.0. The van der Waals surface area contributed by atoms with Crippen LogP contribution in [0, 0.1) is 11.5 Å². The molecule has 1 aromatic carbocycles. The first-order valence-electron chi connectivity index (χ1n) is 8.89. The summed E-state index contributed by atoms with van der Waals surface area (Å²) < 4.78 is 5.69. The maximum Gasteiger partial charge on any atom is 0.211 e. The molecule has 2 aromatic rings. The fourth-order valence-corrected chi connectivity index (χ4v) is 2.62. The van der Waals surface area contributed by atoms with E-state index in [0.717, 1.165) is 56.7 Å². The molecule has 2 N–H and O–H groups in total. The molecule has 6 heteroatoms. The number of rotatable bonds is 10. The van der Waals surface area contributed by atoms with Gasteiger partial charge in [0.15, 0.2) is 0 Å². The summed E-state index contributed by atoms with van der Waals surface area (Å²) in [5.74, 6) is 1.14. The number of nitriles is 1. The number of unbranched alkanes of at least 4 members (excludes halogenated alkanes) is 4.